The summed E-state index contributed by atoms with van der Waals surface area (Å²) in [4.78, 5) is 0. The van der Waals surface area contributed by atoms with Gasteiger partial charge in [0.25, 0.3) is 0 Å². The largest absolute Gasteiger partial charge is 0.456 e. The van der Waals surface area contributed by atoms with Crippen molar-refractivity contribution in [3.8, 4) is 44.9 Å². The zero-order valence-corrected chi connectivity index (χ0v) is 21.0. The van der Waals surface area contributed by atoms with Crippen molar-refractivity contribution in [2.75, 3.05) is 0 Å². The number of hydrogen-bond donors (Lipinski definition) is 0. The lowest BCUT2D eigenvalue weighted by Gasteiger charge is -2.24. The number of aryl methyl sites for hydroxylation is 1. The van der Waals surface area contributed by atoms with Gasteiger partial charge in [0.05, 0.1) is 0 Å². The van der Waals surface area contributed by atoms with Gasteiger partial charge in [0.15, 0.2) is 0 Å². The molecule has 0 N–H and O–H groups in total. The third-order valence-corrected chi connectivity index (χ3v) is 7.91. The average Bonchev–Trinajstić information content (AvgIpc) is 2.96. The van der Waals surface area contributed by atoms with E-state index in [-0.39, 0.29) is 0 Å². The molecular weight excluding hydrogens is 460 g/mol. The molecule has 178 valence electrons. The Morgan fingerprint density at radius 1 is 0.421 bits per heavy atom. The van der Waals surface area contributed by atoms with Crippen molar-refractivity contribution in [3.63, 3.8) is 0 Å². The molecule has 0 unspecified atom stereocenters. The highest BCUT2D eigenvalue weighted by atomic mass is 16.5. The molecule has 0 saturated heterocycles. The fourth-order valence-electron chi connectivity index (χ4n) is 6.33. The van der Waals surface area contributed by atoms with Crippen LogP contribution in [-0.4, -0.2) is 0 Å². The number of hydrogen-bond acceptors (Lipinski definition) is 1. The Morgan fingerprint density at radius 3 is 1.76 bits per heavy atom. The number of rotatable bonds is 2. The molecule has 7 aromatic carbocycles. The van der Waals surface area contributed by atoms with Crippen LogP contribution in [0, 0.1) is 6.92 Å². The van der Waals surface area contributed by atoms with Gasteiger partial charge in [-0.15, -0.1) is 0 Å². The van der Waals surface area contributed by atoms with Gasteiger partial charge < -0.3 is 4.74 Å². The smallest absolute Gasteiger partial charge is 0.135 e. The van der Waals surface area contributed by atoms with Crippen LogP contribution in [0.2, 0.25) is 0 Å². The van der Waals surface area contributed by atoms with Gasteiger partial charge >= 0.3 is 0 Å². The molecule has 1 aliphatic rings. The molecule has 1 aliphatic heterocycles. The Morgan fingerprint density at radius 2 is 1.03 bits per heavy atom. The molecule has 0 atom stereocenters. The third kappa shape index (κ3) is 2.99. The maximum absolute atomic E-state index is 6.40. The first kappa shape index (κ1) is 21.2. The van der Waals surface area contributed by atoms with E-state index >= 15 is 0 Å². The molecule has 0 fully saturated rings. The van der Waals surface area contributed by atoms with Crippen molar-refractivity contribution in [2.24, 2.45) is 0 Å². The summed E-state index contributed by atoms with van der Waals surface area (Å²) < 4.78 is 6.40. The van der Waals surface area contributed by atoms with Gasteiger partial charge in [0, 0.05) is 10.9 Å². The quantitative estimate of drug-likeness (QED) is 0.222. The molecule has 0 radical (unpaired) electrons. The van der Waals surface area contributed by atoms with E-state index in [9.17, 15) is 0 Å². The maximum Gasteiger partial charge on any atom is 0.135 e. The van der Waals surface area contributed by atoms with Gasteiger partial charge in [0.2, 0.25) is 0 Å². The maximum atomic E-state index is 6.40. The highest BCUT2D eigenvalue weighted by Crippen LogP contribution is 2.51. The standard InChI is InChI=1S/C37H24O/c1-23-10-8-11-24(22-23)35-27-13-2-4-15-29(27)36(30-16-5-3-14-28(30)35)32-20-21-34-37-26(17-9-18-31(32)37)25-12-6-7-19-33(25)38-34/h2-22H,1H3. The minimum Gasteiger partial charge on any atom is -0.456 e. The SMILES string of the molecule is Cc1cccc(-c2c3ccccc3c(-c3ccc4c5c(cccc35)-c3ccccc3O4)c3ccccc23)c1. The summed E-state index contributed by atoms with van der Waals surface area (Å²) >= 11 is 0. The second kappa shape index (κ2) is 8.06. The van der Waals surface area contributed by atoms with Gasteiger partial charge in [-0.1, -0.05) is 115 Å². The van der Waals surface area contributed by atoms with Crippen LogP contribution in [0.1, 0.15) is 5.56 Å². The predicted octanol–water partition coefficient (Wildman–Crippen LogP) is 10.6. The Hall–Kier alpha value is -4.88. The monoisotopic (exact) mass is 484 g/mol. The van der Waals surface area contributed by atoms with Crippen molar-refractivity contribution in [1.29, 1.82) is 0 Å². The lowest BCUT2D eigenvalue weighted by molar-refractivity contribution is 0.487. The lowest BCUT2D eigenvalue weighted by Crippen LogP contribution is -1.98. The summed E-state index contributed by atoms with van der Waals surface area (Å²) in [6.07, 6.45) is 0. The van der Waals surface area contributed by atoms with Crippen molar-refractivity contribution in [3.05, 3.63) is 133 Å². The zero-order chi connectivity index (χ0) is 25.2. The van der Waals surface area contributed by atoms with Crippen molar-refractivity contribution >= 4 is 32.3 Å². The molecule has 0 aromatic heterocycles. The van der Waals surface area contributed by atoms with Gasteiger partial charge in [-0.05, 0) is 79.9 Å². The van der Waals surface area contributed by atoms with Gasteiger partial charge in [0.1, 0.15) is 11.5 Å². The van der Waals surface area contributed by atoms with Crippen molar-refractivity contribution < 1.29 is 4.74 Å². The van der Waals surface area contributed by atoms with E-state index in [4.69, 9.17) is 4.74 Å². The van der Waals surface area contributed by atoms with Crippen LogP contribution < -0.4 is 4.74 Å². The van der Waals surface area contributed by atoms with E-state index < -0.39 is 0 Å². The third-order valence-electron chi connectivity index (χ3n) is 7.91. The van der Waals surface area contributed by atoms with Gasteiger partial charge in [-0.2, -0.15) is 0 Å². The lowest BCUT2D eigenvalue weighted by atomic mass is 9.83. The van der Waals surface area contributed by atoms with E-state index in [0.29, 0.717) is 0 Å². The predicted molar refractivity (Wildman–Crippen MR) is 160 cm³/mol. The van der Waals surface area contributed by atoms with Crippen LogP contribution in [-0.2, 0) is 0 Å². The molecule has 0 saturated carbocycles. The van der Waals surface area contributed by atoms with Gasteiger partial charge in [-0.3, -0.25) is 0 Å². The van der Waals surface area contributed by atoms with E-state index in [1.54, 1.807) is 0 Å². The van der Waals surface area contributed by atoms with Crippen molar-refractivity contribution in [1.82, 2.24) is 0 Å². The molecule has 1 heterocycles. The molecular formula is C37H24O. The number of para-hydroxylation sites is 1. The number of ether oxygens (including phenoxy) is 1. The Labute approximate surface area is 221 Å². The summed E-state index contributed by atoms with van der Waals surface area (Å²) in [6.45, 7) is 2.16. The summed E-state index contributed by atoms with van der Waals surface area (Å²) in [5.41, 5.74) is 8.70. The summed E-state index contributed by atoms with van der Waals surface area (Å²) in [5.74, 6) is 1.83. The molecule has 38 heavy (non-hydrogen) atoms. The molecule has 0 aliphatic carbocycles. The van der Waals surface area contributed by atoms with Crippen LogP contribution in [0.5, 0.6) is 11.5 Å². The van der Waals surface area contributed by atoms with Crippen molar-refractivity contribution in [2.45, 2.75) is 6.92 Å². The fraction of sp³-hybridized carbons (Fsp3) is 0.0270. The molecule has 7 aromatic rings. The normalized spacial score (nSPS) is 12.0. The Balaban J connectivity index is 1.52. The molecule has 0 bridgehead atoms. The molecule has 1 heteroatoms. The van der Waals surface area contributed by atoms with E-state index in [2.05, 4.69) is 128 Å². The number of fused-ring (bicyclic) bond motifs is 4. The van der Waals surface area contributed by atoms with Crippen LogP contribution in [0.4, 0.5) is 0 Å². The first-order valence-corrected chi connectivity index (χ1v) is 13.1. The second-order valence-electron chi connectivity index (χ2n) is 10.1. The summed E-state index contributed by atoms with van der Waals surface area (Å²) in [7, 11) is 0. The Bertz CT molecular complexity index is 2010. The van der Waals surface area contributed by atoms with E-state index in [1.807, 2.05) is 6.07 Å². The van der Waals surface area contributed by atoms with Crippen LogP contribution in [0.3, 0.4) is 0 Å². The van der Waals surface area contributed by atoms with Crippen LogP contribution >= 0.6 is 0 Å². The topological polar surface area (TPSA) is 9.23 Å². The number of benzene rings is 7. The zero-order valence-electron chi connectivity index (χ0n) is 21.0. The highest BCUT2D eigenvalue weighted by molar-refractivity contribution is 6.24. The fourth-order valence-corrected chi connectivity index (χ4v) is 6.33. The minimum atomic E-state index is 0.915. The van der Waals surface area contributed by atoms with Gasteiger partial charge in [-0.25, -0.2) is 0 Å². The highest BCUT2D eigenvalue weighted by Gasteiger charge is 2.23. The average molecular weight is 485 g/mol. The molecule has 0 amide bonds. The minimum absolute atomic E-state index is 0.915. The Kier molecular flexibility index (Phi) is 4.50. The summed E-state index contributed by atoms with van der Waals surface area (Å²) in [6, 6.07) is 45.9. The van der Waals surface area contributed by atoms with Crippen LogP contribution in [0.25, 0.3) is 65.7 Å². The molecule has 1 nitrogen and oxygen atoms in total. The second-order valence-corrected chi connectivity index (χ2v) is 10.1. The molecule has 8 rings (SSSR count). The van der Waals surface area contributed by atoms with E-state index in [1.165, 1.54) is 65.7 Å². The summed E-state index contributed by atoms with van der Waals surface area (Å²) in [5, 5.41) is 7.47. The molecule has 0 spiro atoms. The van der Waals surface area contributed by atoms with Crippen LogP contribution in [0.15, 0.2) is 127 Å². The van der Waals surface area contributed by atoms with E-state index in [0.717, 1.165) is 17.1 Å². The first-order chi connectivity index (χ1) is 18.8. The first-order valence-electron chi connectivity index (χ1n) is 13.1.